The van der Waals surface area contributed by atoms with Crippen molar-refractivity contribution < 1.29 is 4.79 Å². The van der Waals surface area contributed by atoms with Crippen LogP contribution in [0.3, 0.4) is 0 Å². The maximum Gasteiger partial charge on any atom is 0.239 e. The number of tetrazole rings is 1. The fourth-order valence-electron chi connectivity index (χ4n) is 2.04. The number of anilines is 1. The van der Waals surface area contributed by atoms with E-state index in [2.05, 4.69) is 31.0 Å². The van der Waals surface area contributed by atoms with Gasteiger partial charge >= 0.3 is 0 Å². The maximum atomic E-state index is 12.4. The number of hydrogen-bond donors (Lipinski definition) is 1. The molecule has 0 radical (unpaired) electrons. The monoisotopic (exact) mass is 375 g/mol. The van der Waals surface area contributed by atoms with Gasteiger partial charge in [0.2, 0.25) is 16.2 Å². The van der Waals surface area contributed by atoms with Gasteiger partial charge in [-0.25, -0.2) is 0 Å². The minimum atomic E-state index is -0.386. The van der Waals surface area contributed by atoms with Crippen molar-refractivity contribution in [3.63, 3.8) is 0 Å². The molecule has 1 atom stereocenters. The van der Waals surface area contributed by atoms with Crippen LogP contribution in [0.15, 0.2) is 29.4 Å². The number of nitrogens with zero attached hydrogens (tertiary/aromatic N) is 6. The molecule has 0 fully saturated rings. The number of carbonyl (C=O) groups is 1. The van der Waals surface area contributed by atoms with E-state index in [4.69, 9.17) is 0 Å². The van der Waals surface area contributed by atoms with E-state index >= 15 is 0 Å². The van der Waals surface area contributed by atoms with Gasteiger partial charge in [-0.3, -0.25) is 10.1 Å². The van der Waals surface area contributed by atoms with E-state index in [1.165, 1.54) is 23.1 Å². The molecule has 0 aliphatic carbocycles. The van der Waals surface area contributed by atoms with Crippen LogP contribution < -0.4 is 5.32 Å². The molecule has 0 saturated heterocycles. The average molecular weight is 375 g/mol. The van der Waals surface area contributed by atoms with Gasteiger partial charge in [-0.1, -0.05) is 42.2 Å². The van der Waals surface area contributed by atoms with Crippen molar-refractivity contribution in [1.82, 2.24) is 30.4 Å². The first kappa shape index (κ1) is 17.5. The molecule has 130 valence electrons. The average Bonchev–Trinajstić information content (AvgIpc) is 3.24. The first-order chi connectivity index (χ1) is 12.1. The van der Waals surface area contributed by atoms with Crippen molar-refractivity contribution in [2.24, 2.45) is 0 Å². The predicted octanol–water partition coefficient (Wildman–Crippen LogP) is 2.50. The first-order valence-electron chi connectivity index (χ1n) is 7.72. The summed E-state index contributed by atoms with van der Waals surface area (Å²) in [6.45, 7) is 5.80. The summed E-state index contributed by atoms with van der Waals surface area (Å²) >= 11 is 2.67. The molecule has 0 unspecified atom stereocenters. The molecule has 0 spiro atoms. The van der Waals surface area contributed by atoms with Gasteiger partial charge in [0, 0.05) is 0 Å². The van der Waals surface area contributed by atoms with E-state index in [0.717, 1.165) is 22.7 Å². The number of thioether (sulfide) groups is 1. The van der Waals surface area contributed by atoms with Crippen molar-refractivity contribution >= 4 is 34.1 Å². The van der Waals surface area contributed by atoms with Crippen molar-refractivity contribution in [1.29, 1.82) is 0 Å². The Bertz CT molecular complexity index is 876. The van der Waals surface area contributed by atoms with Gasteiger partial charge < -0.3 is 0 Å². The minimum Gasteiger partial charge on any atom is -0.300 e. The Morgan fingerprint density at radius 3 is 2.92 bits per heavy atom. The van der Waals surface area contributed by atoms with Gasteiger partial charge in [0.1, 0.15) is 5.01 Å². The van der Waals surface area contributed by atoms with E-state index in [-0.39, 0.29) is 11.2 Å². The summed E-state index contributed by atoms with van der Waals surface area (Å²) in [6.07, 6.45) is 0.795. The molecule has 3 aromatic rings. The van der Waals surface area contributed by atoms with Crippen molar-refractivity contribution in [2.75, 3.05) is 5.32 Å². The molecular formula is C15H17N7OS2. The number of aryl methyl sites for hydroxylation is 2. The maximum absolute atomic E-state index is 12.4. The summed E-state index contributed by atoms with van der Waals surface area (Å²) in [7, 11) is 0. The number of amides is 1. The predicted molar refractivity (Wildman–Crippen MR) is 97.1 cm³/mol. The van der Waals surface area contributed by atoms with Crippen LogP contribution in [0.2, 0.25) is 0 Å². The molecule has 8 nitrogen and oxygen atoms in total. The van der Waals surface area contributed by atoms with Crippen LogP contribution in [0.25, 0.3) is 5.69 Å². The van der Waals surface area contributed by atoms with E-state index in [9.17, 15) is 4.79 Å². The van der Waals surface area contributed by atoms with Crippen LogP contribution in [0.5, 0.6) is 0 Å². The van der Waals surface area contributed by atoms with Crippen molar-refractivity contribution in [2.45, 2.75) is 37.6 Å². The Kier molecular flexibility index (Phi) is 5.39. The number of aromatic nitrogens is 6. The quantitative estimate of drug-likeness (QED) is 0.661. The minimum absolute atomic E-state index is 0.164. The van der Waals surface area contributed by atoms with E-state index in [1.54, 1.807) is 11.6 Å². The lowest BCUT2D eigenvalue weighted by atomic mass is 10.2. The second kappa shape index (κ2) is 7.70. The Hall–Kier alpha value is -2.33. The number of nitrogens with one attached hydrogen (secondary N) is 1. The lowest BCUT2D eigenvalue weighted by molar-refractivity contribution is -0.115. The fraction of sp³-hybridized carbons (Fsp3) is 0.333. The van der Waals surface area contributed by atoms with Crippen molar-refractivity contribution in [3.8, 4) is 5.69 Å². The van der Waals surface area contributed by atoms with E-state index in [1.807, 2.05) is 38.1 Å². The molecule has 1 amide bonds. The highest BCUT2D eigenvalue weighted by atomic mass is 32.2. The zero-order chi connectivity index (χ0) is 17.8. The Balaban J connectivity index is 1.70. The molecule has 0 aliphatic heterocycles. The van der Waals surface area contributed by atoms with Gasteiger partial charge in [-0.15, -0.1) is 15.3 Å². The van der Waals surface area contributed by atoms with Crippen LogP contribution in [0.1, 0.15) is 24.4 Å². The van der Waals surface area contributed by atoms with Gasteiger partial charge in [0.25, 0.3) is 0 Å². The van der Waals surface area contributed by atoms with Crippen LogP contribution >= 0.6 is 23.1 Å². The highest BCUT2D eigenvalue weighted by Gasteiger charge is 2.20. The molecule has 0 bridgehead atoms. The lowest BCUT2D eigenvalue weighted by Crippen LogP contribution is -2.22. The third-order valence-electron chi connectivity index (χ3n) is 3.34. The van der Waals surface area contributed by atoms with Gasteiger partial charge in [-0.2, -0.15) is 4.68 Å². The molecular weight excluding hydrogens is 358 g/mol. The number of rotatable bonds is 6. The molecule has 3 rings (SSSR count). The molecule has 10 heteroatoms. The van der Waals surface area contributed by atoms with Crippen LogP contribution in [0.4, 0.5) is 5.13 Å². The number of benzene rings is 1. The molecule has 1 aromatic carbocycles. The summed E-state index contributed by atoms with van der Waals surface area (Å²) in [6, 6.07) is 7.85. The van der Waals surface area contributed by atoms with Gasteiger partial charge in [0.05, 0.1) is 10.9 Å². The molecule has 0 aliphatic rings. The molecule has 2 aromatic heterocycles. The normalized spacial score (nSPS) is 12.1. The van der Waals surface area contributed by atoms with Crippen LogP contribution in [-0.2, 0) is 11.2 Å². The summed E-state index contributed by atoms with van der Waals surface area (Å²) in [5, 5.41) is 24.1. The summed E-state index contributed by atoms with van der Waals surface area (Å²) in [4.78, 5) is 12.4. The largest absolute Gasteiger partial charge is 0.300 e. The molecule has 1 N–H and O–H groups in total. The first-order valence-corrected chi connectivity index (χ1v) is 9.41. The Morgan fingerprint density at radius 2 is 2.20 bits per heavy atom. The zero-order valence-corrected chi connectivity index (χ0v) is 15.6. The summed E-state index contributed by atoms with van der Waals surface area (Å²) in [5.41, 5.74) is 1.97. The highest BCUT2D eigenvalue weighted by Crippen LogP contribution is 2.24. The lowest BCUT2D eigenvalue weighted by Gasteiger charge is -2.10. The Morgan fingerprint density at radius 1 is 1.36 bits per heavy atom. The topological polar surface area (TPSA) is 98.5 Å². The summed E-state index contributed by atoms with van der Waals surface area (Å²) < 4.78 is 1.63. The third kappa shape index (κ3) is 4.20. The number of carbonyl (C=O) groups excluding carboxylic acids is 1. The standard InChI is InChI=1S/C15H17N7OS2/c1-4-12-17-18-14(25-12)16-13(23)10(3)24-15-19-20-21-22(15)11-7-5-6-9(2)8-11/h5-8,10H,4H2,1-3H3,(H,16,18,23)/t10-/m0/s1. The van der Waals surface area contributed by atoms with Gasteiger partial charge in [-0.05, 0) is 48.4 Å². The summed E-state index contributed by atoms with van der Waals surface area (Å²) in [5.74, 6) is -0.164. The second-order valence-electron chi connectivity index (χ2n) is 5.32. The molecule has 2 heterocycles. The fourth-order valence-corrected chi connectivity index (χ4v) is 3.53. The molecule has 25 heavy (non-hydrogen) atoms. The van der Waals surface area contributed by atoms with E-state index in [0.29, 0.717) is 10.3 Å². The van der Waals surface area contributed by atoms with Crippen LogP contribution in [0, 0.1) is 6.92 Å². The Labute approximate surface area is 153 Å². The third-order valence-corrected chi connectivity index (χ3v) is 5.35. The highest BCUT2D eigenvalue weighted by molar-refractivity contribution is 8.00. The SMILES string of the molecule is CCc1nnc(NC(=O)[C@H](C)Sc2nnnn2-c2cccc(C)c2)s1. The number of hydrogen-bond acceptors (Lipinski definition) is 8. The molecule has 0 saturated carbocycles. The van der Waals surface area contributed by atoms with E-state index < -0.39 is 0 Å². The smallest absolute Gasteiger partial charge is 0.239 e. The van der Waals surface area contributed by atoms with Crippen LogP contribution in [-0.4, -0.2) is 41.6 Å². The second-order valence-corrected chi connectivity index (χ2v) is 7.69. The zero-order valence-electron chi connectivity index (χ0n) is 14.0. The van der Waals surface area contributed by atoms with Gasteiger partial charge in [0.15, 0.2) is 0 Å². The van der Waals surface area contributed by atoms with Crippen molar-refractivity contribution in [3.05, 3.63) is 34.8 Å².